The van der Waals surface area contributed by atoms with Gasteiger partial charge in [0.05, 0.1) is 4.47 Å². The number of aromatic nitrogens is 1. The van der Waals surface area contributed by atoms with Crippen molar-refractivity contribution in [2.75, 3.05) is 0 Å². The lowest BCUT2D eigenvalue weighted by Crippen LogP contribution is -2.35. The number of nitrogens with one attached hydrogen (secondary N) is 1. The van der Waals surface area contributed by atoms with Crippen molar-refractivity contribution in [3.8, 4) is 0 Å². The predicted molar refractivity (Wildman–Crippen MR) is 94.9 cm³/mol. The zero-order chi connectivity index (χ0) is 18.1. The van der Waals surface area contributed by atoms with E-state index in [2.05, 4.69) is 21.2 Å². The van der Waals surface area contributed by atoms with Gasteiger partial charge in [-0.2, -0.15) is 0 Å². The van der Waals surface area contributed by atoms with Gasteiger partial charge in [-0.1, -0.05) is 36.4 Å². The molecular weight excluding hydrogens is 391 g/mol. The highest BCUT2D eigenvalue weighted by molar-refractivity contribution is 9.10. The summed E-state index contributed by atoms with van der Waals surface area (Å²) in [6.45, 7) is 0. The summed E-state index contributed by atoms with van der Waals surface area (Å²) in [5.41, 5.74) is 0.985. The van der Waals surface area contributed by atoms with Crippen molar-refractivity contribution in [3.05, 3.63) is 70.1 Å². The van der Waals surface area contributed by atoms with Crippen LogP contribution in [0.15, 0.2) is 53.0 Å². The molecule has 1 unspecified atom stereocenters. The van der Waals surface area contributed by atoms with Crippen molar-refractivity contribution in [3.63, 3.8) is 0 Å². The first-order valence-electron chi connectivity index (χ1n) is 7.42. The van der Waals surface area contributed by atoms with Crippen LogP contribution >= 0.6 is 15.9 Å². The second-order valence-corrected chi connectivity index (χ2v) is 6.30. The van der Waals surface area contributed by atoms with E-state index in [1.54, 1.807) is 11.6 Å². The van der Waals surface area contributed by atoms with E-state index in [9.17, 15) is 19.1 Å². The molecule has 0 aliphatic heterocycles. The van der Waals surface area contributed by atoms with Gasteiger partial charge >= 0.3 is 5.97 Å². The zero-order valence-electron chi connectivity index (χ0n) is 13.2. The van der Waals surface area contributed by atoms with Gasteiger partial charge in [0.2, 0.25) is 0 Å². The number of aryl methyl sites for hydroxylation is 1. The number of para-hydroxylation sites is 1. The van der Waals surface area contributed by atoms with Crippen LogP contribution in [0.2, 0.25) is 0 Å². The molecule has 0 aliphatic carbocycles. The minimum Gasteiger partial charge on any atom is -0.479 e. The second kappa shape index (κ2) is 6.68. The highest BCUT2D eigenvalue weighted by atomic mass is 79.9. The van der Waals surface area contributed by atoms with Gasteiger partial charge in [-0.05, 0) is 28.1 Å². The molecular formula is C18H14BrFN2O3. The van der Waals surface area contributed by atoms with E-state index in [0.717, 1.165) is 17.0 Å². The lowest BCUT2D eigenvalue weighted by atomic mass is 10.1. The van der Waals surface area contributed by atoms with Gasteiger partial charge in [0.1, 0.15) is 11.5 Å². The summed E-state index contributed by atoms with van der Waals surface area (Å²) < 4.78 is 16.2. The SMILES string of the molecule is Cn1c(C(=O)NC(C(=O)O)c2ccccc2F)c(Br)c2ccccc21. The molecule has 1 heterocycles. The van der Waals surface area contributed by atoms with Crippen molar-refractivity contribution in [2.45, 2.75) is 6.04 Å². The Morgan fingerprint density at radius 2 is 1.80 bits per heavy atom. The topological polar surface area (TPSA) is 71.3 Å². The molecule has 1 atom stereocenters. The van der Waals surface area contributed by atoms with Crippen LogP contribution in [0.4, 0.5) is 4.39 Å². The molecule has 0 bridgehead atoms. The quantitative estimate of drug-likeness (QED) is 0.697. The number of carboxylic acids is 1. The first kappa shape index (κ1) is 17.2. The Balaban J connectivity index is 2.01. The Labute approximate surface area is 151 Å². The molecule has 0 spiro atoms. The van der Waals surface area contributed by atoms with Crippen LogP contribution in [0, 0.1) is 5.82 Å². The molecule has 128 valence electrons. The smallest absolute Gasteiger partial charge is 0.331 e. The molecule has 5 nitrogen and oxygen atoms in total. The van der Waals surface area contributed by atoms with Crippen LogP contribution in [-0.2, 0) is 11.8 Å². The molecule has 2 aromatic carbocycles. The van der Waals surface area contributed by atoms with E-state index in [-0.39, 0.29) is 11.3 Å². The zero-order valence-corrected chi connectivity index (χ0v) is 14.7. The van der Waals surface area contributed by atoms with Crippen molar-refractivity contribution < 1.29 is 19.1 Å². The van der Waals surface area contributed by atoms with Crippen molar-refractivity contribution in [2.24, 2.45) is 7.05 Å². The van der Waals surface area contributed by atoms with E-state index < -0.39 is 23.7 Å². The van der Waals surface area contributed by atoms with Crippen molar-refractivity contribution in [1.29, 1.82) is 0 Å². The molecule has 3 aromatic rings. The summed E-state index contributed by atoms with van der Waals surface area (Å²) in [4.78, 5) is 24.3. The van der Waals surface area contributed by atoms with E-state index in [0.29, 0.717) is 4.47 Å². The highest BCUT2D eigenvalue weighted by Crippen LogP contribution is 2.30. The summed E-state index contributed by atoms with van der Waals surface area (Å²) in [6, 6.07) is 11.4. The largest absolute Gasteiger partial charge is 0.479 e. The summed E-state index contributed by atoms with van der Waals surface area (Å²) in [7, 11) is 1.71. The van der Waals surface area contributed by atoms with Gasteiger partial charge in [-0.25, -0.2) is 9.18 Å². The number of carbonyl (C=O) groups is 2. The number of hydrogen-bond donors (Lipinski definition) is 2. The Hall–Kier alpha value is -2.67. The molecule has 0 aliphatic rings. The number of hydrogen-bond acceptors (Lipinski definition) is 2. The fraction of sp³-hybridized carbons (Fsp3) is 0.111. The minimum absolute atomic E-state index is 0.0989. The Kier molecular flexibility index (Phi) is 4.59. The van der Waals surface area contributed by atoms with Crippen LogP contribution in [0.3, 0.4) is 0 Å². The standard InChI is InChI=1S/C18H14BrFN2O3/c1-22-13-9-5-3-7-11(13)14(19)16(22)17(23)21-15(18(24)25)10-6-2-4-8-12(10)20/h2-9,15H,1H3,(H,21,23)(H,24,25). The van der Waals surface area contributed by atoms with Gasteiger partial charge < -0.3 is 15.0 Å². The number of aliphatic carboxylic acids is 1. The van der Waals surface area contributed by atoms with E-state index in [4.69, 9.17) is 0 Å². The molecule has 0 saturated carbocycles. The van der Waals surface area contributed by atoms with E-state index in [1.807, 2.05) is 24.3 Å². The molecule has 7 heteroatoms. The first-order valence-corrected chi connectivity index (χ1v) is 8.22. The average molecular weight is 405 g/mol. The molecule has 1 amide bonds. The molecule has 0 radical (unpaired) electrons. The maximum Gasteiger partial charge on any atom is 0.331 e. The number of carboxylic acid groups (broad SMARTS) is 1. The van der Waals surface area contributed by atoms with Crippen molar-refractivity contribution in [1.82, 2.24) is 9.88 Å². The molecule has 0 fully saturated rings. The molecule has 25 heavy (non-hydrogen) atoms. The highest BCUT2D eigenvalue weighted by Gasteiger charge is 2.28. The van der Waals surface area contributed by atoms with Crippen LogP contribution in [0.5, 0.6) is 0 Å². The second-order valence-electron chi connectivity index (χ2n) is 5.50. The predicted octanol–water partition coefficient (Wildman–Crippen LogP) is 3.64. The van der Waals surface area contributed by atoms with E-state index >= 15 is 0 Å². The lowest BCUT2D eigenvalue weighted by molar-refractivity contribution is -0.139. The van der Waals surface area contributed by atoms with Crippen LogP contribution in [0.1, 0.15) is 22.1 Å². The minimum atomic E-state index is -1.49. The normalized spacial score (nSPS) is 12.1. The number of fused-ring (bicyclic) bond motifs is 1. The summed E-state index contributed by atoms with van der Waals surface area (Å²) >= 11 is 3.40. The molecule has 0 saturated heterocycles. The number of benzene rings is 2. The summed E-state index contributed by atoms with van der Waals surface area (Å²) in [5, 5.41) is 12.7. The van der Waals surface area contributed by atoms with Crippen LogP contribution < -0.4 is 5.32 Å². The third-order valence-corrected chi connectivity index (χ3v) is 4.80. The van der Waals surface area contributed by atoms with Crippen LogP contribution in [0.25, 0.3) is 10.9 Å². The average Bonchev–Trinajstić information content (AvgIpc) is 2.85. The molecule has 3 rings (SSSR count). The van der Waals surface area contributed by atoms with Gasteiger partial charge in [0.25, 0.3) is 5.91 Å². The third-order valence-electron chi connectivity index (χ3n) is 4.00. The third kappa shape index (κ3) is 3.02. The molecule has 2 N–H and O–H groups in total. The van der Waals surface area contributed by atoms with Gasteiger partial charge in [-0.3, -0.25) is 4.79 Å². The fourth-order valence-electron chi connectivity index (χ4n) is 2.78. The molecule has 1 aromatic heterocycles. The number of amides is 1. The maximum absolute atomic E-state index is 13.9. The fourth-order valence-corrected chi connectivity index (χ4v) is 3.56. The van der Waals surface area contributed by atoms with Gasteiger partial charge in [0, 0.05) is 23.5 Å². The number of halogens is 2. The van der Waals surface area contributed by atoms with Crippen molar-refractivity contribution >= 4 is 38.7 Å². The van der Waals surface area contributed by atoms with E-state index in [1.165, 1.54) is 18.2 Å². The summed E-state index contributed by atoms with van der Waals surface area (Å²) in [5.74, 6) is -2.64. The Bertz CT molecular complexity index is 945. The number of carbonyl (C=O) groups excluding carboxylic acids is 1. The maximum atomic E-state index is 13.9. The lowest BCUT2D eigenvalue weighted by Gasteiger charge is -2.16. The van der Waals surface area contributed by atoms with Gasteiger partial charge in [-0.15, -0.1) is 0 Å². The van der Waals surface area contributed by atoms with Gasteiger partial charge in [0.15, 0.2) is 6.04 Å². The Morgan fingerprint density at radius 1 is 1.16 bits per heavy atom. The first-order chi connectivity index (χ1) is 11.9. The summed E-state index contributed by atoms with van der Waals surface area (Å²) in [6.07, 6.45) is 0. The monoisotopic (exact) mass is 404 g/mol. The Morgan fingerprint density at radius 3 is 2.44 bits per heavy atom. The van der Waals surface area contributed by atoms with Crippen LogP contribution in [-0.4, -0.2) is 21.6 Å². The number of rotatable bonds is 4. The number of nitrogens with zero attached hydrogens (tertiary/aromatic N) is 1.